The summed E-state index contributed by atoms with van der Waals surface area (Å²) in [5.74, 6) is -0.257. The van der Waals surface area contributed by atoms with Crippen molar-refractivity contribution in [3.05, 3.63) is 23.5 Å². The fraction of sp³-hybridized carbons (Fsp3) is 0.417. The van der Waals surface area contributed by atoms with Crippen molar-refractivity contribution in [2.24, 2.45) is 0 Å². The van der Waals surface area contributed by atoms with Crippen LogP contribution in [0.25, 0.3) is 0 Å². The molecule has 0 spiro atoms. The Bertz CT molecular complexity index is 485. The number of nitrogens with one attached hydrogen (secondary N) is 2. The normalized spacial score (nSPS) is 19.6. The average molecular weight is 235 g/mol. The Morgan fingerprint density at radius 1 is 1.41 bits per heavy atom. The van der Waals surface area contributed by atoms with Crippen LogP contribution >= 0.6 is 0 Å². The van der Waals surface area contributed by atoms with Gasteiger partial charge in [0.1, 0.15) is 5.82 Å². The lowest BCUT2D eigenvalue weighted by Crippen LogP contribution is -2.60. The molecule has 2 aliphatic rings. The number of fused-ring (bicyclic) bond motifs is 1. The summed E-state index contributed by atoms with van der Waals surface area (Å²) < 4.78 is 13.6. The standard InChI is InChI=1S/C12H14FN3O/c1-7-2-10-11(3-9(7)13)16(6-12(17)15-10)8-4-14-5-8/h2-3,8,14H,4-6H2,1H3,(H,15,17). The largest absolute Gasteiger partial charge is 0.355 e. The van der Waals surface area contributed by atoms with Gasteiger partial charge in [0.05, 0.1) is 24.0 Å². The van der Waals surface area contributed by atoms with Gasteiger partial charge in [0.25, 0.3) is 0 Å². The van der Waals surface area contributed by atoms with Crippen molar-refractivity contribution in [3.8, 4) is 0 Å². The summed E-state index contributed by atoms with van der Waals surface area (Å²) >= 11 is 0. The van der Waals surface area contributed by atoms with E-state index in [1.165, 1.54) is 6.07 Å². The lowest BCUT2D eigenvalue weighted by atomic mass is 10.0. The Hall–Kier alpha value is -1.62. The molecule has 0 aromatic heterocycles. The molecule has 1 fully saturated rings. The lowest BCUT2D eigenvalue weighted by molar-refractivity contribution is -0.115. The van der Waals surface area contributed by atoms with E-state index >= 15 is 0 Å². The van der Waals surface area contributed by atoms with E-state index in [1.54, 1.807) is 13.0 Å². The fourth-order valence-electron chi connectivity index (χ4n) is 2.26. The number of hydrogen-bond donors (Lipinski definition) is 2. The molecule has 0 bridgehead atoms. The molecular formula is C12H14FN3O. The van der Waals surface area contributed by atoms with Crippen molar-refractivity contribution >= 4 is 17.3 Å². The van der Waals surface area contributed by atoms with Crippen molar-refractivity contribution in [3.63, 3.8) is 0 Å². The minimum absolute atomic E-state index is 0.0320. The van der Waals surface area contributed by atoms with Gasteiger partial charge in [-0.2, -0.15) is 0 Å². The summed E-state index contributed by atoms with van der Waals surface area (Å²) in [4.78, 5) is 13.6. The van der Waals surface area contributed by atoms with E-state index in [4.69, 9.17) is 0 Å². The number of carbonyl (C=O) groups is 1. The van der Waals surface area contributed by atoms with E-state index in [9.17, 15) is 9.18 Å². The van der Waals surface area contributed by atoms with E-state index in [2.05, 4.69) is 10.6 Å². The van der Waals surface area contributed by atoms with Gasteiger partial charge in [-0.25, -0.2) is 4.39 Å². The van der Waals surface area contributed by atoms with Crippen LogP contribution in [0, 0.1) is 12.7 Å². The van der Waals surface area contributed by atoms with E-state index in [0.29, 0.717) is 23.8 Å². The predicted octanol–water partition coefficient (Wildman–Crippen LogP) is 0.864. The Labute approximate surface area is 98.8 Å². The summed E-state index contributed by atoms with van der Waals surface area (Å²) in [5.41, 5.74) is 2.06. The zero-order valence-corrected chi connectivity index (χ0v) is 9.59. The van der Waals surface area contributed by atoms with Gasteiger partial charge in [0, 0.05) is 13.1 Å². The molecule has 2 N–H and O–H groups in total. The summed E-state index contributed by atoms with van der Waals surface area (Å²) in [6.07, 6.45) is 0. The number of anilines is 2. The predicted molar refractivity (Wildman–Crippen MR) is 63.8 cm³/mol. The Morgan fingerprint density at radius 2 is 2.18 bits per heavy atom. The molecule has 2 aliphatic heterocycles. The number of carbonyl (C=O) groups excluding carboxylic acids is 1. The first-order valence-electron chi connectivity index (χ1n) is 5.72. The van der Waals surface area contributed by atoms with Gasteiger partial charge in [-0.1, -0.05) is 0 Å². The topological polar surface area (TPSA) is 44.4 Å². The van der Waals surface area contributed by atoms with Crippen LogP contribution in [0.1, 0.15) is 5.56 Å². The van der Waals surface area contributed by atoms with E-state index < -0.39 is 0 Å². The van der Waals surface area contributed by atoms with Gasteiger partial charge in [0.2, 0.25) is 5.91 Å². The highest BCUT2D eigenvalue weighted by atomic mass is 19.1. The Balaban J connectivity index is 2.04. The minimum Gasteiger partial charge on any atom is -0.355 e. The highest BCUT2D eigenvalue weighted by Crippen LogP contribution is 2.33. The quantitative estimate of drug-likeness (QED) is 0.759. The second-order valence-electron chi connectivity index (χ2n) is 4.61. The Kier molecular flexibility index (Phi) is 2.29. The maximum Gasteiger partial charge on any atom is 0.243 e. The second kappa shape index (κ2) is 3.70. The fourth-order valence-corrected chi connectivity index (χ4v) is 2.26. The monoisotopic (exact) mass is 235 g/mol. The highest BCUT2D eigenvalue weighted by Gasteiger charge is 2.31. The third kappa shape index (κ3) is 1.67. The summed E-state index contributed by atoms with van der Waals surface area (Å²) in [5, 5.41) is 5.96. The molecule has 17 heavy (non-hydrogen) atoms. The van der Waals surface area contributed by atoms with Crippen LogP contribution in [-0.4, -0.2) is 31.6 Å². The first-order valence-corrected chi connectivity index (χ1v) is 5.72. The summed E-state index contributed by atoms with van der Waals surface area (Å²) in [7, 11) is 0. The van der Waals surface area contributed by atoms with Crippen molar-refractivity contribution in [2.45, 2.75) is 13.0 Å². The van der Waals surface area contributed by atoms with Gasteiger partial charge in [-0.05, 0) is 24.6 Å². The lowest BCUT2D eigenvalue weighted by Gasteiger charge is -2.42. The maximum atomic E-state index is 13.6. The first-order chi connectivity index (χ1) is 8.15. The molecule has 0 radical (unpaired) electrons. The zero-order valence-electron chi connectivity index (χ0n) is 9.59. The van der Waals surface area contributed by atoms with Crippen LogP contribution in [0.2, 0.25) is 0 Å². The molecule has 90 valence electrons. The molecule has 0 atom stereocenters. The van der Waals surface area contributed by atoms with Crippen LogP contribution in [0.5, 0.6) is 0 Å². The van der Waals surface area contributed by atoms with Gasteiger partial charge in [0.15, 0.2) is 0 Å². The Morgan fingerprint density at radius 3 is 2.82 bits per heavy atom. The first kappa shape index (κ1) is 10.5. The van der Waals surface area contributed by atoms with Crippen LogP contribution < -0.4 is 15.5 Å². The van der Waals surface area contributed by atoms with Gasteiger partial charge >= 0.3 is 0 Å². The highest BCUT2D eigenvalue weighted by molar-refractivity contribution is 6.01. The average Bonchev–Trinajstić information content (AvgIpc) is 2.18. The number of aryl methyl sites for hydroxylation is 1. The van der Waals surface area contributed by atoms with Crippen molar-refractivity contribution in [1.82, 2.24) is 5.32 Å². The number of benzene rings is 1. The molecule has 1 aromatic carbocycles. The van der Waals surface area contributed by atoms with Gasteiger partial charge in [-0.3, -0.25) is 4.79 Å². The zero-order chi connectivity index (χ0) is 12.0. The molecule has 0 unspecified atom stereocenters. The maximum absolute atomic E-state index is 13.6. The number of halogens is 1. The molecule has 3 rings (SSSR count). The number of nitrogens with zero attached hydrogens (tertiary/aromatic N) is 1. The summed E-state index contributed by atoms with van der Waals surface area (Å²) in [6.45, 7) is 3.71. The molecular weight excluding hydrogens is 221 g/mol. The van der Waals surface area contributed by atoms with Crippen molar-refractivity contribution < 1.29 is 9.18 Å². The van der Waals surface area contributed by atoms with Crippen LogP contribution in [0.4, 0.5) is 15.8 Å². The number of rotatable bonds is 1. The van der Waals surface area contributed by atoms with Crippen LogP contribution in [-0.2, 0) is 4.79 Å². The summed E-state index contributed by atoms with van der Waals surface area (Å²) in [6, 6.07) is 3.50. The number of hydrogen-bond acceptors (Lipinski definition) is 3. The third-order valence-corrected chi connectivity index (χ3v) is 3.38. The smallest absolute Gasteiger partial charge is 0.243 e. The molecule has 1 saturated heterocycles. The molecule has 1 aromatic rings. The second-order valence-corrected chi connectivity index (χ2v) is 4.61. The van der Waals surface area contributed by atoms with E-state index in [1.807, 2.05) is 4.90 Å². The molecule has 1 amide bonds. The van der Waals surface area contributed by atoms with E-state index in [-0.39, 0.29) is 11.7 Å². The number of amides is 1. The third-order valence-electron chi connectivity index (χ3n) is 3.38. The molecule has 0 aliphatic carbocycles. The van der Waals surface area contributed by atoms with Gasteiger partial charge < -0.3 is 15.5 Å². The minimum atomic E-state index is -0.225. The SMILES string of the molecule is Cc1cc2c(cc1F)N(C1CNC1)CC(=O)N2. The van der Waals surface area contributed by atoms with Crippen LogP contribution in [0.15, 0.2) is 12.1 Å². The van der Waals surface area contributed by atoms with Crippen molar-refractivity contribution in [1.29, 1.82) is 0 Å². The molecule has 2 heterocycles. The van der Waals surface area contributed by atoms with Gasteiger partial charge in [-0.15, -0.1) is 0 Å². The molecule has 0 saturated carbocycles. The molecule has 5 heteroatoms. The molecule has 4 nitrogen and oxygen atoms in total. The van der Waals surface area contributed by atoms with Crippen LogP contribution in [0.3, 0.4) is 0 Å². The van der Waals surface area contributed by atoms with Crippen molar-refractivity contribution in [2.75, 3.05) is 29.9 Å². The van der Waals surface area contributed by atoms with E-state index in [0.717, 1.165) is 18.8 Å².